The van der Waals surface area contributed by atoms with Gasteiger partial charge in [-0.15, -0.1) is 15.9 Å². The lowest BCUT2D eigenvalue weighted by Gasteiger charge is -2.20. The van der Waals surface area contributed by atoms with E-state index in [2.05, 4.69) is 22.5 Å². The Morgan fingerprint density at radius 1 is 1.38 bits per heavy atom. The van der Waals surface area contributed by atoms with Crippen molar-refractivity contribution in [2.75, 3.05) is 17.7 Å². The lowest BCUT2D eigenvalue weighted by Crippen LogP contribution is -2.31. The van der Waals surface area contributed by atoms with E-state index in [0.717, 1.165) is 18.2 Å². The molecule has 1 aromatic rings. The summed E-state index contributed by atoms with van der Waals surface area (Å²) >= 11 is 0. The van der Waals surface area contributed by atoms with Crippen molar-refractivity contribution in [3.05, 3.63) is 29.5 Å². The molecule has 0 bridgehead atoms. The summed E-state index contributed by atoms with van der Waals surface area (Å²) in [5.41, 5.74) is 4.11. The highest BCUT2D eigenvalue weighted by molar-refractivity contribution is 7.90. The molecule has 1 amide bonds. The zero-order valence-corrected chi connectivity index (χ0v) is 12.9. The van der Waals surface area contributed by atoms with E-state index in [1.807, 2.05) is 0 Å². The van der Waals surface area contributed by atoms with Crippen LogP contribution in [0, 0.1) is 0 Å². The number of fused-ring (bicyclic) bond motifs is 1. The quantitative estimate of drug-likeness (QED) is 0.777. The van der Waals surface area contributed by atoms with Crippen molar-refractivity contribution in [1.82, 2.24) is 10.2 Å². The first-order valence-corrected chi connectivity index (χ1v) is 8.46. The summed E-state index contributed by atoms with van der Waals surface area (Å²) in [6.45, 7) is 5.20. The molecular formula is C14H17N3O3S. The van der Waals surface area contributed by atoms with Gasteiger partial charge < -0.3 is 0 Å². The van der Waals surface area contributed by atoms with E-state index in [1.165, 1.54) is 11.8 Å². The average molecular weight is 307 g/mol. The number of carbonyl (C=O) groups excluding carboxylic acids is 1. The molecule has 1 aliphatic rings. The highest BCUT2D eigenvalue weighted by Gasteiger charge is 2.28. The van der Waals surface area contributed by atoms with Gasteiger partial charge in [-0.05, 0) is 30.9 Å². The summed E-state index contributed by atoms with van der Waals surface area (Å²) in [5.74, 6) is 0.255. The number of nitrogens with zero attached hydrogens (tertiary/aromatic N) is 3. The van der Waals surface area contributed by atoms with Crippen LogP contribution in [0.1, 0.15) is 24.5 Å². The minimum absolute atomic E-state index is 0.0292. The second kappa shape index (κ2) is 5.79. The van der Waals surface area contributed by atoms with Crippen LogP contribution in [0.3, 0.4) is 0 Å². The SMILES string of the molecule is C=C=CCN(C(C)=O)c1nnc(S(C)(=O)=O)c2c1CCC2. The third kappa shape index (κ3) is 3.04. The molecule has 0 unspecified atom stereocenters. The molecular weight excluding hydrogens is 290 g/mol. The highest BCUT2D eigenvalue weighted by atomic mass is 32.2. The Hall–Kier alpha value is -1.98. The summed E-state index contributed by atoms with van der Waals surface area (Å²) < 4.78 is 23.5. The van der Waals surface area contributed by atoms with E-state index in [-0.39, 0.29) is 17.5 Å². The molecule has 21 heavy (non-hydrogen) atoms. The lowest BCUT2D eigenvalue weighted by molar-refractivity contribution is -0.116. The van der Waals surface area contributed by atoms with Crippen LogP contribution in [0.5, 0.6) is 0 Å². The van der Waals surface area contributed by atoms with Gasteiger partial charge in [0, 0.05) is 18.7 Å². The van der Waals surface area contributed by atoms with Crippen LogP contribution < -0.4 is 4.90 Å². The number of amides is 1. The molecule has 0 aliphatic heterocycles. The molecule has 7 heteroatoms. The van der Waals surface area contributed by atoms with Crippen molar-refractivity contribution in [3.8, 4) is 0 Å². The Bertz CT molecular complexity index is 734. The fourth-order valence-corrected chi connectivity index (χ4v) is 3.34. The molecule has 6 nitrogen and oxygen atoms in total. The molecule has 1 heterocycles. The number of sulfone groups is 1. The van der Waals surface area contributed by atoms with Gasteiger partial charge in [0.2, 0.25) is 5.91 Å². The first-order valence-electron chi connectivity index (χ1n) is 6.57. The first-order chi connectivity index (χ1) is 9.86. The number of aromatic nitrogens is 2. The number of carbonyl (C=O) groups is 1. The first kappa shape index (κ1) is 15.4. The molecule has 112 valence electrons. The van der Waals surface area contributed by atoms with Gasteiger partial charge in [-0.3, -0.25) is 9.69 Å². The second-order valence-corrected chi connectivity index (χ2v) is 6.88. The zero-order chi connectivity index (χ0) is 15.6. The maximum Gasteiger partial charge on any atom is 0.225 e. The monoisotopic (exact) mass is 307 g/mol. The Morgan fingerprint density at radius 2 is 2.05 bits per heavy atom. The van der Waals surface area contributed by atoms with E-state index in [4.69, 9.17) is 0 Å². The van der Waals surface area contributed by atoms with Gasteiger partial charge in [-0.1, -0.05) is 6.58 Å². The van der Waals surface area contributed by atoms with E-state index in [1.54, 1.807) is 6.08 Å². The molecule has 1 aliphatic carbocycles. The minimum Gasteiger partial charge on any atom is -0.291 e. The summed E-state index contributed by atoms with van der Waals surface area (Å²) in [7, 11) is -3.41. The van der Waals surface area contributed by atoms with E-state index < -0.39 is 9.84 Å². The standard InChI is InChI=1S/C14H17N3O3S/c1-4-5-9-17(10(2)18)13-11-7-6-8-12(11)14(16-15-13)21(3,19)20/h5H,1,6-9H2,2-3H3. The van der Waals surface area contributed by atoms with Crippen molar-refractivity contribution in [3.63, 3.8) is 0 Å². The van der Waals surface area contributed by atoms with Crippen molar-refractivity contribution in [2.24, 2.45) is 0 Å². The van der Waals surface area contributed by atoms with Crippen LogP contribution in [0.25, 0.3) is 0 Å². The average Bonchev–Trinajstić information content (AvgIpc) is 2.86. The minimum atomic E-state index is -3.41. The zero-order valence-electron chi connectivity index (χ0n) is 12.1. The molecule has 0 saturated heterocycles. The van der Waals surface area contributed by atoms with Crippen LogP contribution in [0.2, 0.25) is 0 Å². The Kier molecular flexibility index (Phi) is 4.25. The molecule has 1 aromatic heterocycles. The molecule has 0 atom stereocenters. The van der Waals surface area contributed by atoms with Crippen molar-refractivity contribution in [1.29, 1.82) is 0 Å². The van der Waals surface area contributed by atoms with Gasteiger partial charge in [0.25, 0.3) is 0 Å². The smallest absolute Gasteiger partial charge is 0.225 e. The largest absolute Gasteiger partial charge is 0.291 e. The van der Waals surface area contributed by atoms with Gasteiger partial charge in [-0.25, -0.2) is 8.42 Å². The third-order valence-electron chi connectivity index (χ3n) is 3.39. The van der Waals surface area contributed by atoms with Gasteiger partial charge in [0.05, 0.1) is 6.54 Å². The van der Waals surface area contributed by atoms with Crippen LogP contribution in [-0.4, -0.2) is 37.3 Å². The highest BCUT2D eigenvalue weighted by Crippen LogP contribution is 2.32. The maximum absolute atomic E-state index is 11.8. The van der Waals surface area contributed by atoms with E-state index in [0.29, 0.717) is 24.2 Å². The van der Waals surface area contributed by atoms with E-state index >= 15 is 0 Å². The van der Waals surface area contributed by atoms with Crippen molar-refractivity contribution < 1.29 is 13.2 Å². The Labute approximate surface area is 124 Å². The summed E-state index contributed by atoms with van der Waals surface area (Å²) in [4.78, 5) is 13.3. The van der Waals surface area contributed by atoms with Gasteiger partial charge in [0.1, 0.15) is 0 Å². The van der Waals surface area contributed by atoms with Crippen molar-refractivity contribution >= 4 is 21.6 Å². The lowest BCUT2D eigenvalue weighted by atomic mass is 10.2. The van der Waals surface area contributed by atoms with Gasteiger partial charge in [0.15, 0.2) is 20.7 Å². The Morgan fingerprint density at radius 3 is 2.62 bits per heavy atom. The third-order valence-corrected chi connectivity index (χ3v) is 4.42. The summed E-state index contributed by atoms with van der Waals surface area (Å²) in [6.07, 6.45) is 4.92. The number of hydrogen-bond acceptors (Lipinski definition) is 5. The van der Waals surface area contributed by atoms with Gasteiger partial charge in [-0.2, -0.15) is 0 Å². The van der Waals surface area contributed by atoms with Crippen LogP contribution in [0.4, 0.5) is 5.82 Å². The fraction of sp³-hybridized carbons (Fsp3) is 0.429. The summed E-state index contributed by atoms with van der Waals surface area (Å²) in [6, 6.07) is 0. The van der Waals surface area contributed by atoms with Crippen LogP contribution >= 0.6 is 0 Å². The normalized spacial score (nSPS) is 13.4. The molecule has 0 spiro atoms. The van der Waals surface area contributed by atoms with Crippen LogP contribution in [-0.2, 0) is 27.5 Å². The molecule has 0 saturated carbocycles. The molecule has 0 aromatic carbocycles. The predicted octanol–water partition coefficient (Wildman–Crippen LogP) is 1.06. The number of hydrogen-bond donors (Lipinski definition) is 0. The fourth-order valence-electron chi connectivity index (χ4n) is 2.47. The van der Waals surface area contributed by atoms with Crippen molar-refractivity contribution in [2.45, 2.75) is 31.2 Å². The number of rotatable bonds is 4. The molecule has 2 rings (SSSR count). The molecule has 0 N–H and O–H groups in total. The predicted molar refractivity (Wildman–Crippen MR) is 78.9 cm³/mol. The van der Waals surface area contributed by atoms with Crippen LogP contribution in [0.15, 0.2) is 23.4 Å². The second-order valence-electron chi connectivity index (χ2n) is 4.95. The Balaban J connectivity index is 2.59. The maximum atomic E-state index is 11.8. The number of anilines is 1. The molecule has 0 radical (unpaired) electrons. The summed E-state index contributed by atoms with van der Waals surface area (Å²) in [5, 5.41) is 7.88. The molecule has 0 fully saturated rings. The van der Waals surface area contributed by atoms with Gasteiger partial charge >= 0.3 is 0 Å². The van der Waals surface area contributed by atoms with E-state index in [9.17, 15) is 13.2 Å². The topological polar surface area (TPSA) is 80.2 Å².